The van der Waals surface area contributed by atoms with Crippen LogP contribution in [0.25, 0.3) is 96.6 Å². The van der Waals surface area contributed by atoms with Crippen molar-refractivity contribution < 1.29 is 0 Å². The Bertz CT molecular complexity index is 2790. The predicted octanol–water partition coefficient (Wildman–Crippen LogP) is 13.7. The van der Waals surface area contributed by atoms with Crippen molar-refractivity contribution in [1.82, 2.24) is 0 Å². The van der Waals surface area contributed by atoms with Crippen molar-refractivity contribution in [3.63, 3.8) is 0 Å². The van der Waals surface area contributed by atoms with Crippen LogP contribution in [0, 0.1) is 0 Å². The van der Waals surface area contributed by atoms with Gasteiger partial charge < -0.3 is 0 Å². The van der Waals surface area contributed by atoms with Crippen molar-refractivity contribution in [1.29, 1.82) is 0 Å². The highest BCUT2D eigenvalue weighted by molar-refractivity contribution is 7.25. The van der Waals surface area contributed by atoms with Crippen LogP contribution < -0.4 is 0 Å². The van der Waals surface area contributed by atoms with Gasteiger partial charge in [0.2, 0.25) is 0 Å². The molecule has 10 rings (SSSR count). The Morgan fingerprint density at radius 2 is 0.787 bits per heavy atom. The number of hydrogen-bond donors (Lipinski definition) is 0. The zero-order chi connectivity index (χ0) is 30.9. The average Bonchev–Trinajstić information content (AvgIpc) is 3.51. The fourth-order valence-electron chi connectivity index (χ4n) is 7.68. The molecule has 47 heavy (non-hydrogen) atoms. The summed E-state index contributed by atoms with van der Waals surface area (Å²) in [5.41, 5.74) is 7.61. The summed E-state index contributed by atoms with van der Waals surface area (Å²) in [4.78, 5) is 0. The predicted molar refractivity (Wildman–Crippen MR) is 206 cm³/mol. The highest BCUT2D eigenvalue weighted by Crippen LogP contribution is 2.46. The van der Waals surface area contributed by atoms with Crippen LogP contribution in [0.2, 0.25) is 0 Å². The summed E-state index contributed by atoms with van der Waals surface area (Å²) < 4.78 is 2.67. The van der Waals surface area contributed by atoms with Crippen LogP contribution >= 0.6 is 11.3 Å². The molecular formula is C46H28S. The monoisotopic (exact) mass is 612 g/mol. The molecule has 1 heteroatoms. The van der Waals surface area contributed by atoms with E-state index in [1.165, 1.54) is 96.6 Å². The van der Waals surface area contributed by atoms with Gasteiger partial charge in [-0.15, -0.1) is 11.3 Å². The lowest BCUT2D eigenvalue weighted by Crippen LogP contribution is -1.91. The van der Waals surface area contributed by atoms with Crippen LogP contribution in [0.4, 0.5) is 0 Å². The molecule has 0 spiro atoms. The Morgan fingerprint density at radius 1 is 0.277 bits per heavy atom. The van der Waals surface area contributed by atoms with Gasteiger partial charge in [-0.25, -0.2) is 0 Å². The molecule has 0 radical (unpaired) electrons. The van der Waals surface area contributed by atoms with Crippen molar-refractivity contribution in [2.75, 3.05) is 0 Å². The van der Waals surface area contributed by atoms with E-state index in [9.17, 15) is 0 Å². The molecule has 0 atom stereocenters. The molecule has 0 aliphatic heterocycles. The molecule has 0 saturated heterocycles. The number of benzene rings is 9. The van der Waals surface area contributed by atoms with Gasteiger partial charge in [0.25, 0.3) is 0 Å². The molecule has 0 unspecified atom stereocenters. The Labute approximate surface area is 276 Å². The lowest BCUT2D eigenvalue weighted by atomic mass is 9.85. The molecule has 1 aromatic heterocycles. The maximum Gasteiger partial charge on any atom is 0.0355 e. The summed E-state index contributed by atoms with van der Waals surface area (Å²) in [7, 11) is 0. The Morgan fingerprint density at radius 3 is 1.51 bits per heavy atom. The second kappa shape index (κ2) is 10.4. The third-order valence-electron chi connectivity index (χ3n) is 9.83. The second-order valence-corrected chi connectivity index (χ2v) is 13.5. The van der Waals surface area contributed by atoms with Crippen LogP contribution in [-0.2, 0) is 0 Å². The van der Waals surface area contributed by atoms with Crippen LogP contribution in [-0.4, -0.2) is 0 Å². The van der Waals surface area contributed by atoms with Crippen LogP contribution in [0.1, 0.15) is 0 Å². The molecule has 0 N–H and O–H groups in total. The van der Waals surface area contributed by atoms with Gasteiger partial charge in [-0.3, -0.25) is 0 Å². The SMILES string of the molecule is c1ccc2c(-c3ccc4ccc(-c5c6ccccc6c(-c6ccc7sc8ccccc8c7c6)c6ccccc56)cc4c3)cccc2c1. The summed E-state index contributed by atoms with van der Waals surface area (Å²) in [6.45, 7) is 0. The molecule has 0 bridgehead atoms. The minimum absolute atomic E-state index is 1.24. The first-order valence-electron chi connectivity index (χ1n) is 16.2. The van der Waals surface area contributed by atoms with E-state index >= 15 is 0 Å². The zero-order valence-corrected chi connectivity index (χ0v) is 26.4. The molecule has 10 aromatic rings. The van der Waals surface area contributed by atoms with Gasteiger partial charge in [0, 0.05) is 20.2 Å². The summed E-state index contributed by atoms with van der Waals surface area (Å²) in [5, 5.41) is 12.8. The minimum atomic E-state index is 1.24. The Balaban J connectivity index is 1.21. The molecule has 0 aliphatic rings. The van der Waals surface area contributed by atoms with Crippen molar-refractivity contribution in [3.8, 4) is 33.4 Å². The Kier molecular flexibility index (Phi) is 5.85. The molecule has 0 fully saturated rings. The molecule has 1 heterocycles. The van der Waals surface area contributed by atoms with Crippen molar-refractivity contribution in [2.24, 2.45) is 0 Å². The third-order valence-corrected chi connectivity index (χ3v) is 11.0. The minimum Gasteiger partial charge on any atom is -0.135 e. The molecule has 9 aromatic carbocycles. The number of rotatable bonds is 3. The first kappa shape index (κ1) is 26.5. The maximum atomic E-state index is 2.41. The topological polar surface area (TPSA) is 0 Å². The highest BCUT2D eigenvalue weighted by Gasteiger charge is 2.18. The van der Waals surface area contributed by atoms with Crippen molar-refractivity contribution in [3.05, 3.63) is 170 Å². The van der Waals surface area contributed by atoms with Crippen molar-refractivity contribution in [2.45, 2.75) is 0 Å². The molecule has 0 saturated carbocycles. The Hall–Kier alpha value is -5.76. The van der Waals surface area contributed by atoms with E-state index < -0.39 is 0 Å². The normalized spacial score (nSPS) is 11.8. The number of fused-ring (bicyclic) bond motifs is 7. The number of hydrogen-bond acceptors (Lipinski definition) is 1. The summed E-state index contributed by atoms with van der Waals surface area (Å²) >= 11 is 1.87. The molecular weight excluding hydrogens is 585 g/mol. The second-order valence-electron chi connectivity index (χ2n) is 12.5. The van der Waals surface area contributed by atoms with Crippen LogP contribution in [0.15, 0.2) is 170 Å². The zero-order valence-electron chi connectivity index (χ0n) is 25.6. The molecule has 0 nitrogen and oxygen atoms in total. The van der Waals surface area contributed by atoms with E-state index in [0.717, 1.165) is 0 Å². The van der Waals surface area contributed by atoms with E-state index in [2.05, 4.69) is 170 Å². The first-order chi connectivity index (χ1) is 23.3. The van der Waals surface area contributed by atoms with Gasteiger partial charge in [0.05, 0.1) is 0 Å². The number of thiophene rings is 1. The van der Waals surface area contributed by atoms with Crippen LogP contribution in [0.3, 0.4) is 0 Å². The maximum absolute atomic E-state index is 2.41. The summed E-state index contributed by atoms with van der Waals surface area (Å²) in [6, 6.07) is 62.8. The van der Waals surface area contributed by atoms with E-state index in [1.54, 1.807) is 0 Å². The van der Waals surface area contributed by atoms with Gasteiger partial charge in [0.1, 0.15) is 0 Å². The smallest absolute Gasteiger partial charge is 0.0355 e. The van der Waals surface area contributed by atoms with Gasteiger partial charge in [-0.1, -0.05) is 140 Å². The molecule has 218 valence electrons. The summed E-state index contributed by atoms with van der Waals surface area (Å²) in [6.07, 6.45) is 0. The van der Waals surface area contributed by atoms with E-state index in [4.69, 9.17) is 0 Å². The van der Waals surface area contributed by atoms with Crippen LogP contribution in [0.5, 0.6) is 0 Å². The lowest BCUT2D eigenvalue weighted by Gasteiger charge is -2.18. The summed E-state index contributed by atoms with van der Waals surface area (Å²) in [5.74, 6) is 0. The fourth-order valence-corrected chi connectivity index (χ4v) is 8.77. The third kappa shape index (κ3) is 4.14. The average molecular weight is 613 g/mol. The fraction of sp³-hybridized carbons (Fsp3) is 0. The lowest BCUT2D eigenvalue weighted by molar-refractivity contribution is 1.67. The van der Waals surface area contributed by atoms with Gasteiger partial charge in [-0.2, -0.15) is 0 Å². The van der Waals surface area contributed by atoms with Gasteiger partial charge in [0.15, 0.2) is 0 Å². The standard InChI is InChI=1S/C46H28S/c1-2-12-35-30(10-1)11-9-18-36(35)31-22-20-29-21-23-32(27-34(29)26-31)45-38-14-3-5-16-40(38)46(41-17-6-4-15-39(41)45)33-24-25-44-42(28-33)37-13-7-8-19-43(37)47-44/h1-28H. The van der Waals surface area contributed by atoms with Gasteiger partial charge in [-0.05, 0) is 107 Å². The molecule has 0 aliphatic carbocycles. The van der Waals surface area contributed by atoms with E-state index in [1.807, 2.05) is 11.3 Å². The quantitative estimate of drug-likeness (QED) is 0.174. The highest BCUT2D eigenvalue weighted by atomic mass is 32.1. The molecule has 0 amide bonds. The first-order valence-corrected chi connectivity index (χ1v) is 17.0. The van der Waals surface area contributed by atoms with Crippen molar-refractivity contribution >= 4 is 74.6 Å². The van der Waals surface area contributed by atoms with E-state index in [-0.39, 0.29) is 0 Å². The largest absolute Gasteiger partial charge is 0.135 e. The van der Waals surface area contributed by atoms with Gasteiger partial charge >= 0.3 is 0 Å². The van der Waals surface area contributed by atoms with E-state index in [0.29, 0.717) is 0 Å².